The van der Waals surface area contributed by atoms with Crippen molar-refractivity contribution >= 4 is 5.91 Å². The van der Waals surface area contributed by atoms with Crippen molar-refractivity contribution in [1.29, 1.82) is 0 Å². The number of piperidine rings is 1. The Morgan fingerprint density at radius 1 is 1.07 bits per heavy atom. The second-order valence-corrected chi connectivity index (χ2v) is 7.36. The van der Waals surface area contributed by atoms with Gasteiger partial charge in [-0.15, -0.1) is 0 Å². The van der Waals surface area contributed by atoms with Crippen molar-refractivity contribution in [3.63, 3.8) is 0 Å². The summed E-state index contributed by atoms with van der Waals surface area (Å²) in [5, 5.41) is 0. The number of likely N-dealkylation sites (tertiary alicyclic amines) is 1. The molecular weight excluding hydrogens is 336 g/mol. The predicted molar refractivity (Wildman–Crippen MR) is 108 cm³/mol. The molecule has 2 N–H and O–H groups in total. The summed E-state index contributed by atoms with van der Waals surface area (Å²) in [6, 6.07) is 20.0. The van der Waals surface area contributed by atoms with Gasteiger partial charge in [-0.05, 0) is 30.4 Å². The fourth-order valence-corrected chi connectivity index (χ4v) is 3.64. The smallest absolute Gasteiger partial charge is 0.227 e. The molecule has 0 radical (unpaired) electrons. The van der Waals surface area contributed by atoms with E-state index in [-0.39, 0.29) is 24.0 Å². The van der Waals surface area contributed by atoms with Gasteiger partial charge in [-0.2, -0.15) is 0 Å². The fraction of sp³-hybridized carbons (Fsp3) is 0.435. The summed E-state index contributed by atoms with van der Waals surface area (Å²) in [6.45, 7) is 4.17. The predicted octanol–water partition coefficient (Wildman–Crippen LogP) is 3.57. The van der Waals surface area contributed by atoms with E-state index in [1.807, 2.05) is 48.2 Å². The van der Waals surface area contributed by atoms with E-state index in [1.165, 1.54) is 5.56 Å². The van der Waals surface area contributed by atoms with Gasteiger partial charge in [-0.1, -0.05) is 67.6 Å². The van der Waals surface area contributed by atoms with Crippen LogP contribution < -0.4 is 5.73 Å². The monoisotopic (exact) mass is 366 g/mol. The van der Waals surface area contributed by atoms with Crippen molar-refractivity contribution in [1.82, 2.24) is 4.90 Å². The Labute approximate surface area is 162 Å². The van der Waals surface area contributed by atoms with Crippen LogP contribution in [0.5, 0.6) is 0 Å². The molecule has 2 atom stereocenters. The lowest BCUT2D eigenvalue weighted by Gasteiger charge is -2.34. The maximum Gasteiger partial charge on any atom is 0.227 e. The zero-order chi connectivity index (χ0) is 19.1. The number of carbonyl (C=O) groups excluding carboxylic acids is 1. The maximum atomic E-state index is 12.8. The molecule has 1 fully saturated rings. The summed E-state index contributed by atoms with van der Waals surface area (Å²) in [7, 11) is 0. The third-order valence-corrected chi connectivity index (χ3v) is 5.45. The molecule has 4 heteroatoms. The lowest BCUT2D eigenvalue weighted by molar-refractivity contribution is -0.138. The van der Waals surface area contributed by atoms with Gasteiger partial charge in [0.2, 0.25) is 5.91 Å². The quantitative estimate of drug-likeness (QED) is 0.815. The Balaban J connectivity index is 1.42. The van der Waals surface area contributed by atoms with Gasteiger partial charge < -0.3 is 15.4 Å². The Bertz CT molecular complexity index is 697. The summed E-state index contributed by atoms with van der Waals surface area (Å²) in [5.41, 5.74) is 8.63. The van der Waals surface area contributed by atoms with Crippen LogP contribution in [0.1, 0.15) is 36.9 Å². The van der Waals surface area contributed by atoms with E-state index in [0.717, 1.165) is 44.5 Å². The molecule has 2 aromatic carbocycles. The number of amides is 1. The minimum Gasteiger partial charge on any atom is -0.378 e. The van der Waals surface area contributed by atoms with Crippen LogP contribution in [-0.4, -0.2) is 36.6 Å². The molecule has 27 heavy (non-hydrogen) atoms. The molecule has 1 aliphatic heterocycles. The van der Waals surface area contributed by atoms with E-state index in [2.05, 4.69) is 24.3 Å². The summed E-state index contributed by atoms with van der Waals surface area (Å²) in [4.78, 5) is 14.8. The van der Waals surface area contributed by atoms with E-state index in [4.69, 9.17) is 10.5 Å². The molecular formula is C23H30N2O2. The molecule has 2 unspecified atom stereocenters. The fourth-order valence-electron chi connectivity index (χ4n) is 3.64. The summed E-state index contributed by atoms with van der Waals surface area (Å²) >= 11 is 0. The zero-order valence-corrected chi connectivity index (χ0v) is 16.1. The summed E-state index contributed by atoms with van der Waals surface area (Å²) in [5.74, 6) is -0.0722. The molecule has 4 nitrogen and oxygen atoms in total. The van der Waals surface area contributed by atoms with Gasteiger partial charge in [0.25, 0.3) is 0 Å². The Morgan fingerprint density at radius 2 is 1.67 bits per heavy atom. The van der Waals surface area contributed by atoms with Crippen LogP contribution in [0.2, 0.25) is 0 Å². The molecule has 0 saturated carbocycles. The molecule has 1 saturated heterocycles. The number of hydrogen-bond acceptors (Lipinski definition) is 3. The van der Waals surface area contributed by atoms with E-state index in [1.54, 1.807) is 0 Å². The molecule has 1 heterocycles. The van der Waals surface area contributed by atoms with E-state index in [0.29, 0.717) is 0 Å². The highest BCUT2D eigenvalue weighted by Crippen LogP contribution is 2.23. The highest BCUT2D eigenvalue weighted by atomic mass is 16.5. The number of carbonyl (C=O) groups is 1. The standard InChI is InChI=1S/C23H30N2O2/c1-18(22(24)20-10-6-3-7-11-20)23(26)25-15-12-21(13-16-25)27-17-14-19-8-4-2-5-9-19/h2-11,18,21-22H,12-17,24H2,1H3. The third-order valence-electron chi connectivity index (χ3n) is 5.45. The first kappa shape index (κ1) is 19.6. The van der Waals surface area contributed by atoms with E-state index in [9.17, 15) is 4.79 Å². The van der Waals surface area contributed by atoms with Gasteiger partial charge >= 0.3 is 0 Å². The Hall–Kier alpha value is -2.17. The van der Waals surface area contributed by atoms with Crippen LogP contribution in [0, 0.1) is 5.92 Å². The average Bonchev–Trinajstić information content (AvgIpc) is 2.74. The van der Waals surface area contributed by atoms with Crippen molar-refractivity contribution in [2.24, 2.45) is 11.7 Å². The third kappa shape index (κ3) is 5.41. The lowest BCUT2D eigenvalue weighted by Crippen LogP contribution is -2.45. The first-order valence-corrected chi connectivity index (χ1v) is 9.90. The number of nitrogens with two attached hydrogens (primary N) is 1. The van der Waals surface area contributed by atoms with Gasteiger partial charge in [0.1, 0.15) is 0 Å². The molecule has 1 amide bonds. The second kappa shape index (κ2) is 9.67. The van der Waals surface area contributed by atoms with Crippen LogP contribution >= 0.6 is 0 Å². The minimum atomic E-state index is -0.265. The minimum absolute atomic E-state index is 0.147. The van der Waals surface area contributed by atoms with Gasteiger partial charge in [0, 0.05) is 19.1 Å². The van der Waals surface area contributed by atoms with Gasteiger partial charge in [0.05, 0.1) is 18.6 Å². The Morgan fingerprint density at radius 3 is 2.30 bits per heavy atom. The molecule has 144 valence electrons. The number of hydrogen-bond donors (Lipinski definition) is 1. The van der Waals surface area contributed by atoms with Crippen LogP contribution in [-0.2, 0) is 16.0 Å². The Kier molecular flexibility index (Phi) is 7.02. The number of benzene rings is 2. The van der Waals surface area contributed by atoms with Crippen molar-refractivity contribution in [2.45, 2.75) is 38.3 Å². The average molecular weight is 367 g/mol. The number of ether oxygens (including phenoxy) is 1. The van der Waals surface area contributed by atoms with Crippen molar-refractivity contribution in [3.05, 3.63) is 71.8 Å². The van der Waals surface area contributed by atoms with Gasteiger partial charge in [-0.3, -0.25) is 4.79 Å². The van der Waals surface area contributed by atoms with Gasteiger partial charge in [0.15, 0.2) is 0 Å². The molecule has 0 aromatic heterocycles. The zero-order valence-electron chi connectivity index (χ0n) is 16.1. The van der Waals surface area contributed by atoms with Crippen molar-refractivity contribution < 1.29 is 9.53 Å². The van der Waals surface area contributed by atoms with Crippen LogP contribution in [0.15, 0.2) is 60.7 Å². The second-order valence-electron chi connectivity index (χ2n) is 7.36. The molecule has 2 aromatic rings. The number of nitrogens with zero attached hydrogens (tertiary/aromatic N) is 1. The molecule has 0 bridgehead atoms. The first-order valence-electron chi connectivity index (χ1n) is 9.90. The van der Waals surface area contributed by atoms with E-state index >= 15 is 0 Å². The largest absolute Gasteiger partial charge is 0.378 e. The first-order chi connectivity index (χ1) is 13.1. The van der Waals surface area contributed by atoms with E-state index < -0.39 is 0 Å². The topological polar surface area (TPSA) is 55.6 Å². The van der Waals surface area contributed by atoms with Crippen molar-refractivity contribution in [3.8, 4) is 0 Å². The molecule has 1 aliphatic rings. The lowest BCUT2D eigenvalue weighted by atomic mass is 9.93. The van der Waals surface area contributed by atoms with Crippen LogP contribution in [0.25, 0.3) is 0 Å². The maximum absolute atomic E-state index is 12.8. The highest BCUT2D eigenvalue weighted by Gasteiger charge is 2.29. The molecule has 0 aliphatic carbocycles. The van der Waals surface area contributed by atoms with Crippen LogP contribution in [0.4, 0.5) is 0 Å². The summed E-state index contributed by atoms with van der Waals surface area (Å²) in [6.07, 6.45) is 2.97. The van der Waals surface area contributed by atoms with Crippen molar-refractivity contribution in [2.75, 3.05) is 19.7 Å². The van der Waals surface area contributed by atoms with Gasteiger partial charge in [-0.25, -0.2) is 0 Å². The normalized spacial score (nSPS) is 17.5. The number of rotatable bonds is 7. The highest BCUT2D eigenvalue weighted by molar-refractivity contribution is 5.79. The summed E-state index contributed by atoms with van der Waals surface area (Å²) < 4.78 is 6.03. The molecule has 3 rings (SSSR count). The molecule has 0 spiro atoms. The SMILES string of the molecule is CC(C(=O)N1CCC(OCCc2ccccc2)CC1)C(N)c1ccccc1. The van der Waals surface area contributed by atoms with Crippen LogP contribution in [0.3, 0.4) is 0 Å².